The number of hydrogen-bond acceptors (Lipinski definition) is 6. The largest absolute Gasteiger partial charge is 1.00 e. The van der Waals surface area contributed by atoms with Crippen molar-refractivity contribution in [2.45, 2.75) is 13.0 Å². The monoisotopic (exact) mass is 272 g/mol. The van der Waals surface area contributed by atoms with Crippen molar-refractivity contribution in [1.29, 1.82) is 0 Å². The van der Waals surface area contributed by atoms with Gasteiger partial charge in [-0.3, -0.25) is 9.69 Å². The summed E-state index contributed by atoms with van der Waals surface area (Å²) in [5.74, 6) is -4.40. The molecule has 0 aromatic heterocycles. The van der Waals surface area contributed by atoms with Gasteiger partial charge in [0.05, 0.1) is 11.9 Å². The first-order chi connectivity index (χ1) is 6.34. The molecule has 0 fully saturated rings. The van der Waals surface area contributed by atoms with Gasteiger partial charge < -0.3 is 24.9 Å². The van der Waals surface area contributed by atoms with Crippen LogP contribution in [-0.4, -0.2) is 47.0 Å². The van der Waals surface area contributed by atoms with Crippen molar-refractivity contribution < 1.29 is 118 Å². The van der Waals surface area contributed by atoms with Gasteiger partial charge in [-0.15, -0.1) is 0 Å². The Kier molecular flexibility index (Phi) is 21.8. The molecule has 80 valence electrons. The van der Waals surface area contributed by atoms with Crippen LogP contribution in [0, 0.1) is 0 Å². The van der Waals surface area contributed by atoms with Crippen LogP contribution < -0.4 is 98.9 Å². The third-order valence-electron chi connectivity index (χ3n) is 1.57. The predicted octanol–water partition coefficient (Wildman–Crippen LogP) is -12.7. The smallest absolute Gasteiger partial charge is 0.549 e. The molecule has 0 saturated carbocycles. The van der Waals surface area contributed by atoms with E-state index in [1.807, 2.05) is 0 Å². The molecule has 0 aromatic carbocycles. The minimum atomic E-state index is -1.54. The van der Waals surface area contributed by atoms with Gasteiger partial charge in [-0.25, -0.2) is 0 Å². The van der Waals surface area contributed by atoms with Crippen LogP contribution in [0.5, 0.6) is 0 Å². The topological polar surface area (TPSA) is 121 Å². The summed E-state index contributed by atoms with van der Waals surface area (Å²) in [5, 5.41) is 28.8. The van der Waals surface area contributed by atoms with Gasteiger partial charge in [0.1, 0.15) is 6.04 Å². The van der Waals surface area contributed by atoms with Gasteiger partial charge in [-0.1, -0.05) is 0 Å². The maximum Gasteiger partial charge on any atom is 1.00 e. The third-order valence-corrected chi connectivity index (χ3v) is 1.57. The van der Waals surface area contributed by atoms with E-state index in [1.54, 1.807) is 0 Å². The summed E-state index contributed by atoms with van der Waals surface area (Å²) in [7, 11) is 0. The van der Waals surface area contributed by atoms with Crippen molar-refractivity contribution in [3.63, 3.8) is 0 Å². The maximum atomic E-state index is 10.4. The summed E-state index contributed by atoms with van der Waals surface area (Å²) in [6.45, 7) is -0.350. The SMILES string of the molecule is C[C@@H](C(=O)O)N(CC(=O)[O-])CC(=O)[O-].[Na+].[Na+].[Na+]. The van der Waals surface area contributed by atoms with Crippen molar-refractivity contribution >= 4 is 17.9 Å². The molecule has 0 aromatic rings. The Morgan fingerprint density at radius 2 is 1.35 bits per heavy atom. The molecule has 0 aliphatic rings. The Labute approximate surface area is 165 Å². The summed E-state index contributed by atoms with van der Waals surface area (Å²) in [6.07, 6.45) is 0. The van der Waals surface area contributed by atoms with E-state index in [0.29, 0.717) is 4.90 Å². The molecular weight excluding hydrogens is 263 g/mol. The fourth-order valence-corrected chi connectivity index (χ4v) is 0.818. The van der Waals surface area contributed by atoms with E-state index in [2.05, 4.69) is 0 Å². The number of carboxylic acids is 3. The normalized spacial score (nSPS) is 10.2. The van der Waals surface area contributed by atoms with E-state index in [4.69, 9.17) is 5.11 Å². The molecule has 0 spiro atoms. The molecule has 0 bridgehead atoms. The zero-order chi connectivity index (χ0) is 11.3. The second kappa shape index (κ2) is 13.8. The second-order valence-electron chi connectivity index (χ2n) is 2.66. The zero-order valence-corrected chi connectivity index (χ0v) is 16.4. The van der Waals surface area contributed by atoms with E-state index in [-0.39, 0.29) is 88.7 Å². The Balaban J connectivity index is -0.000000282. The van der Waals surface area contributed by atoms with Crippen molar-refractivity contribution in [3.8, 4) is 0 Å². The van der Waals surface area contributed by atoms with Crippen molar-refractivity contribution in [2.75, 3.05) is 13.1 Å². The fourth-order valence-electron chi connectivity index (χ4n) is 0.818. The van der Waals surface area contributed by atoms with E-state index in [1.165, 1.54) is 6.92 Å². The molecule has 10 heteroatoms. The molecule has 1 N–H and O–H groups in total. The molecule has 0 rings (SSSR count). The summed E-state index contributed by atoms with van der Waals surface area (Å²) in [5.41, 5.74) is 0. The quantitative estimate of drug-likeness (QED) is 0.476. The van der Waals surface area contributed by atoms with Gasteiger partial charge in [0, 0.05) is 13.1 Å². The maximum absolute atomic E-state index is 10.4. The van der Waals surface area contributed by atoms with Gasteiger partial charge in [0.15, 0.2) is 0 Å². The van der Waals surface area contributed by atoms with Gasteiger partial charge in [0.2, 0.25) is 0 Å². The minimum Gasteiger partial charge on any atom is -0.549 e. The van der Waals surface area contributed by atoms with Crippen molar-refractivity contribution in [3.05, 3.63) is 0 Å². The number of carbonyl (C=O) groups is 3. The summed E-state index contributed by atoms with van der Waals surface area (Å²) >= 11 is 0. The number of nitrogens with zero attached hydrogens (tertiary/aromatic N) is 1. The number of carbonyl (C=O) groups excluding carboxylic acids is 2. The molecule has 0 radical (unpaired) electrons. The van der Waals surface area contributed by atoms with Crippen LogP contribution in [0.1, 0.15) is 6.92 Å². The third kappa shape index (κ3) is 13.6. The van der Waals surface area contributed by atoms with E-state index in [9.17, 15) is 24.6 Å². The molecule has 0 unspecified atom stereocenters. The Morgan fingerprint density at radius 1 is 1.06 bits per heavy atom. The zero-order valence-electron chi connectivity index (χ0n) is 10.4. The van der Waals surface area contributed by atoms with Gasteiger partial charge in [0.25, 0.3) is 0 Å². The van der Waals surface area contributed by atoms with Crippen LogP contribution in [0.3, 0.4) is 0 Å². The van der Waals surface area contributed by atoms with Gasteiger partial charge >= 0.3 is 94.6 Å². The summed E-state index contributed by atoms with van der Waals surface area (Å²) in [4.78, 5) is 31.5. The number of aliphatic carboxylic acids is 3. The Hall–Kier alpha value is 1.37. The van der Waals surface area contributed by atoms with E-state index in [0.717, 1.165) is 0 Å². The summed E-state index contributed by atoms with van der Waals surface area (Å²) in [6, 6.07) is -1.22. The second-order valence-corrected chi connectivity index (χ2v) is 2.66. The van der Waals surface area contributed by atoms with Crippen LogP contribution in [-0.2, 0) is 14.4 Å². The first-order valence-electron chi connectivity index (χ1n) is 3.71. The first-order valence-corrected chi connectivity index (χ1v) is 3.71. The molecule has 0 aliphatic carbocycles. The summed E-state index contributed by atoms with van der Waals surface area (Å²) < 4.78 is 0. The van der Waals surface area contributed by atoms with Crippen LogP contribution in [0.15, 0.2) is 0 Å². The predicted molar refractivity (Wildman–Crippen MR) is 38.7 cm³/mol. The first kappa shape index (κ1) is 26.8. The van der Waals surface area contributed by atoms with Crippen LogP contribution in [0.2, 0.25) is 0 Å². The average Bonchev–Trinajstić information content (AvgIpc) is 1.99. The molecule has 0 heterocycles. The molecule has 1 atom stereocenters. The Morgan fingerprint density at radius 3 is 1.53 bits per heavy atom. The van der Waals surface area contributed by atoms with E-state index < -0.39 is 37.0 Å². The van der Waals surface area contributed by atoms with Crippen molar-refractivity contribution in [1.82, 2.24) is 4.90 Å². The van der Waals surface area contributed by atoms with Gasteiger partial charge in [-0.05, 0) is 6.92 Å². The standard InChI is InChI=1S/C7H11NO6.3Na/c1-4(7(13)14)8(2-5(9)10)3-6(11)12;;;/h4H,2-3H2,1H3,(H,9,10)(H,11,12)(H,13,14);;;/q;3*+1/p-2/t4-;;;/m0.../s1. The average molecular weight is 272 g/mol. The number of carboxylic acid groups (broad SMARTS) is 3. The molecule has 0 amide bonds. The van der Waals surface area contributed by atoms with Crippen molar-refractivity contribution in [2.24, 2.45) is 0 Å². The Bertz CT molecular complexity index is 246. The van der Waals surface area contributed by atoms with Crippen LogP contribution >= 0.6 is 0 Å². The number of rotatable bonds is 6. The molecular formula is C7H9NNa3O6+. The minimum absolute atomic E-state index is 0. The van der Waals surface area contributed by atoms with Gasteiger partial charge in [-0.2, -0.15) is 0 Å². The fraction of sp³-hybridized carbons (Fsp3) is 0.571. The molecule has 0 saturated heterocycles. The van der Waals surface area contributed by atoms with Crippen LogP contribution in [0.4, 0.5) is 0 Å². The molecule has 17 heavy (non-hydrogen) atoms. The molecule has 0 aliphatic heterocycles. The number of hydrogen-bond donors (Lipinski definition) is 1. The molecule has 7 nitrogen and oxygen atoms in total. The van der Waals surface area contributed by atoms with E-state index >= 15 is 0 Å². The van der Waals surface area contributed by atoms with Crippen LogP contribution in [0.25, 0.3) is 0 Å².